The van der Waals surface area contributed by atoms with E-state index in [1.807, 2.05) is 12.1 Å². The molecule has 0 bridgehead atoms. The Bertz CT molecular complexity index is 250. The maximum absolute atomic E-state index is 5.39. The van der Waals surface area contributed by atoms with Crippen LogP contribution in [-0.2, 0) is 393 Å². The summed E-state index contributed by atoms with van der Waals surface area (Å²) in [6.45, 7) is 10.8. The first kappa shape index (κ1) is 76.8. The van der Waals surface area contributed by atoms with Crippen LogP contribution < -0.4 is 10.4 Å². The minimum atomic E-state index is 0. The van der Waals surface area contributed by atoms with Crippen molar-refractivity contribution in [3.63, 3.8) is 0 Å². The van der Waals surface area contributed by atoms with Gasteiger partial charge in [-0.15, -0.1) is 12.1 Å². The maximum atomic E-state index is 5.39. The molecule has 0 saturated carbocycles. The molecule has 0 unspecified atom stereocenters. The molecule has 0 nitrogen and oxygen atoms in total. The molecule has 0 heterocycles. The van der Waals surface area contributed by atoms with Crippen LogP contribution in [0.2, 0.25) is 0 Å². The third kappa shape index (κ3) is 47.8. The molecule has 0 fully saturated rings. The predicted molar refractivity (Wildman–Crippen MR) is 34.6 cm³/mol. The summed E-state index contributed by atoms with van der Waals surface area (Å²) >= 11 is 0. The SMILES string of the molecule is [CH-]=c1ccccc1=[CH-].[Y].[Y].[Y].[Y].[Y].[Y].[Y].[Y].[Y].[Y].[Y].[Y]. The maximum Gasteiger partial charge on any atom is 0 e. The van der Waals surface area contributed by atoms with Crippen molar-refractivity contribution in [2.45, 2.75) is 0 Å². The van der Waals surface area contributed by atoms with E-state index in [1.165, 1.54) is 0 Å². The number of benzene rings is 1. The summed E-state index contributed by atoms with van der Waals surface area (Å²) in [5, 5.41) is 1.29. The van der Waals surface area contributed by atoms with Crippen LogP contribution in [0.3, 0.4) is 0 Å². The summed E-state index contributed by atoms with van der Waals surface area (Å²) in [6.07, 6.45) is 0. The van der Waals surface area contributed by atoms with Crippen LogP contribution in [0.25, 0.3) is 13.2 Å². The molecular formula is C8H6Y12-2. The molecule has 12 heteroatoms. The van der Waals surface area contributed by atoms with Gasteiger partial charge in [0.25, 0.3) is 0 Å². The van der Waals surface area contributed by atoms with Gasteiger partial charge in [0.2, 0.25) is 0 Å². The topological polar surface area (TPSA) is 0 Å². The molecule has 0 amide bonds. The van der Waals surface area contributed by atoms with Crippen molar-refractivity contribution in [1.82, 2.24) is 0 Å². The Balaban J connectivity index is -0.00000000533. The summed E-state index contributed by atoms with van der Waals surface area (Å²) < 4.78 is 0. The van der Waals surface area contributed by atoms with Gasteiger partial charge in [-0.2, -0.15) is 0 Å². The molecule has 1 aromatic rings. The summed E-state index contributed by atoms with van der Waals surface area (Å²) in [6, 6.07) is 7.25. The van der Waals surface area contributed by atoms with Crippen LogP contribution in [0.15, 0.2) is 24.3 Å². The fourth-order valence-corrected chi connectivity index (χ4v) is 0.511. The quantitative estimate of drug-likeness (QED) is 0.327. The van der Waals surface area contributed by atoms with Gasteiger partial charge in [-0.3, -0.25) is 13.2 Å². The molecule has 20 heavy (non-hydrogen) atoms. The van der Waals surface area contributed by atoms with Gasteiger partial charge in [0.1, 0.15) is 0 Å². The first-order valence-corrected chi connectivity index (χ1v) is 2.40. The molecule has 0 N–H and O–H groups in total. The molecule has 0 aromatic heterocycles. The molecule has 0 atom stereocenters. The number of hydrogen-bond donors (Lipinski definition) is 0. The molecule has 1 rings (SSSR count). The van der Waals surface area contributed by atoms with Crippen molar-refractivity contribution < 1.29 is 393 Å². The van der Waals surface area contributed by atoms with Gasteiger partial charge in [-0.1, -0.05) is 0 Å². The van der Waals surface area contributed by atoms with Crippen molar-refractivity contribution in [2.24, 2.45) is 0 Å². The van der Waals surface area contributed by atoms with Gasteiger partial charge in [-0.25, -0.2) is 12.1 Å². The van der Waals surface area contributed by atoms with Crippen molar-refractivity contribution in [1.29, 1.82) is 0 Å². The van der Waals surface area contributed by atoms with Crippen LogP contribution in [0.4, 0.5) is 0 Å². The van der Waals surface area contributed by atoms with Crippen molar-refractivity contribution in [2.75, 3.05) is 0 Å². The normalized spacial score (nSPS) is 3.60. The van der Waals surface area contributed by atoms with Gasteiger partial charge < -0.3 is 10.4 Å². The Hall–Kier alpha value is 12.2. The Labute approximate surface area is 425 Å². The van der Waals surface area contributed by atoms with E-state index in [2.05, 4.69) is 0 Å². The van der Waals surface area contributed by atoms with Crippen molar-refractivity contribution in [3.8, 4) is 0 Å². The van der Waals surface area contributed by atoms with E-state index in [-0.39, 0.29) is 393 Å². The van der Waals surface area contributed by atoms with Crippen LogP contribution in [0.1, 0.15) is 0 Å². The van der Waals surface area contributed by atoms with Crippen LogP contribution in [-0.4, -0.2) is 0 Å². The van der Waals surface area contributed by atoms with Gasteiger partial charge in [0.15, 0.2) is 0 Å². The standard InChI is InChI=1S/C8H6.12Y/c1-7-5-3-4-6-8(7)2;;;;;;;;;;;;/h1-6H;;;;;;;;;;;;/q-2;;;;;;;;;;;;. The fraction of sp³-hybridized carbons (Fsp3) is 0. The molecule has 76 valence electrons. The average molecular weight is 1170 g/mol. The largest absolute Gasteiger partial charge is 0.306 e. The third-order valence-electron chi connectivity index (χ3n) is 0.996. The van der Waals surface area contributed by atoms with Crippen LogP contribution >= 0.6 is 0 Å². The van der Waals surface area contributed by atoms with Gasteiger partial charge >= 0.3 is 0 Å². The summed E-state index contributed by atoms with van der Waals surface area (Å²) in [5.74, 6) is 0. The summed E-state index contributed by atoms with van der Waals surface area (Å²) in [4.78, 5) is 0. The minimum absolute atomic E-state index is 0. The predicted octanol–water partition coefficient (Wildman–Crippen LogP) is 0.231. The average Bonchev–Trinajstić information content (AvgIpc) is 1.77. The molecule has 0 aliphatic rings. The molecule has 0 spiro atoms. The second-order valence-corrected chi connectivity index (χ2v) is 1.63. The first-order chi connectivity index (χ1) is 3.80. The second kappa shape index (κ2) is 57.7. The third-order valence-corrected chi connectivity index (χ3v) is 0.996. The molecular weight excluding hydrogens is 1160 g/mol. The molecule has 0 aliphatic carbocycles. The van der Waals surface area contributed by atoms with Crippen LogP contribution in [0, 0.1) is 0 Å². The number of hydrogen-bond acceptors (Lipinski definition) is 0. The van der Waals surface area contributed by atoms with Crippen molar-refractivity contribution >= 4 is 13.2 Å². The molecule has 12 radical (unpaired) electrons. The van der Waals surface area contributed by atoms with Gasteiger partial charge in [0, 0.05) is 393 Å². The van der Waals surface area contributed by atoms with E-state index in [0.29, 0.717) is 10.4 Å². The van der Waals surface area contributed by atoms with Gasteiger partial charge in [0.05, 0.1) is 0 Å². The first-order valence-electron chi connectivity index (χ1n) is 2.40. The Morgan fingerprint density at radius 1 is 0.400 bits per heavy atom. The van der Waals surface area contributed by atoms with Crippen LogP contribution in [0.5, 0.6) is 0 Å². The zero-order valence-electron chi connectivity index (χ0n) is 11.4. The monoisotopic (exact) mass is 1170 g/mol. The Kier molecular flexibility index (Phi) is 222. The number of rotatable bonds is 0. The molecule has 0 saturated heterocycles. The second-order valence-electron chi connectivity index (χ2n) is 1.63. The minimum Gasteiger partial charge on any atom is -0.306 e. The summed E-state index contributed by atoms with van der Waals surface area (Å²) in [7, 11) is 0. The summed E-state index contributed by atoms with van der Waals surface area (Å²) in [5.41, 5.74) is 0. The Morgan fingerprint density at radius 3 is 0.650 bits per heavy atom. The fourth-order valence-electron chi connectivity index (χ4n) is 0.511. The molecule has 0 aliphatic heterocycles. The van der Waals surface area contributed by atoms with E-state index in [0.717, 1.165) is 0 Å². The smallest absolute Gasteiger partial charge is 0 e. The van der Waals surface area contributed by atoms with E-state index >= 15 is 0 Å². The van der Waals surface area contributed by atoms with Crippen molar-refractivity contribution in [3.05, 3.63) is 34.7 Å². The van der Waals surface area contributed by atoms with E-state index in [4.69, 9.17) is 13.2 Å². The zero-order chi connectivity index (χ0) is 5.98. The zero-order valence-corrected chi connectivity index (χ0v) is 45.5. The van der Waals surface area contributed by atoms with E-state index < -0.39 is 0 Å². The van der Waals surface area contributed by atoms with E-state index in [9.17, 15) is 0 Å². The molecule has 1 aromatic carbocycles. The van der Waals surface area contributed by atoms with Gasteiger partial charge in [-0.05, 0) is 0 Å². The van der Waals surface area contributed by atoms with E-state index in [1.54, 1.807) is 12.1 Å². The Morgan fingerprint density at radius 2 is 0.550 bits per heavy atom.